The molecule has 1 aromatic carbocycles. The van der Waals surface area contributed by atoms with E-state index in [2.05, 4.69) is 32.0 Å². The minimum Gasteiger partial charge on any atom is -0.325 e. The highest BCUT2D eigenvalue weighted by Crippen LogP contribution is 2.73. The summed E-state index contributed by atoms with van der Waals surface area (Å²) in [5.74, 6) is 3.83. The van der Waals surface area contributed by atoms with Gasteiger partial charge in [0.25, 0.3) is 0 Å². The third kappa shape index (κ3) is 3.36. The Hall–Kier alpha value is -0.520. The molecule has 0 N–H and O–H groups in total. The van der Waals surface area contributed by atoms with E-state index in [1.54, 1.807) is 0 Å². The highest BCUT2D eigenvalue weighted by atomic mass is 32.9. The van der Waals surface area contributed by atoms with Gasteiger partial charge in [0.2, 0.25) is 0 Å². The van der Waals surface area contributed by atoms with Gasteiger partial charge < -0.3 is 4.52 Å². The van der Waals surface area contributed by atoms with Crippen molar-refractivity contribution >= 4 is 28.7 Å². The topological polar surface area (TPSA) is 9.23 Å². The number of allylic oxidation sites excluding steroid dienone is 1. The van der Waals surface area contributed by atoms with E-state index >= 15 is 0 Å². The van der Waals surface area contributed by atoms with Gasteiger partial charge in [-0.2, -0.15) is 0 Å². The lowest BCUT2D eigenvalue weighted by atomic mass is 9.77. The highest BCUT2D eigenvalue weighted by Gasteiger charge is 2.51. The lowest BCUT2D eigenvalue weighted by molar-refractivity contribution is 0.0686. The maximum absolute atomic E-state index is 6.38. The van der Waals surface area contributed by atoms with Gasteiger partial charge in [-0.15, -0.1) is 0 Å². The van der Waals surface area contributed by atoms with E-state index < -0.39 is 5.47 Å². The van der Waals surface area contributed by atoms with Gasteiger partial charge in [-0.3, -0.25) is 0 Å². The molecule has 0 radical (unpaired) electrons. The molecule has 0 unspecified atom stereocenters. The molecule has 1 saturated carbocycles. The van der Waals surface area contributed by atoms with Crippen LogP contribution in [0, 0.1) is 17.5 Å². The molecule has 4 atom stereocenters. The standard InChI is InChI=1S/C18H21OPS2/c1-14(2)16-9-11-18(3)17(13-16)22-20(21,19-18)12-10-15-7-5-4-6-8-15/h4-8,16-17H,1,9,11,13H2,2-3H3/t16-,17+,18+,20+/m0/s1. The zero-order valence-electron chi connectivity index (χ0n) is 13.0. The molecule has 1 saturated heterocycles. The van der Waals surface area contributed by atoms with Crippen molar-refractivity contribution in [3.05, 3.63) is 48.0 Å². The number of fused-ring (bicyclic) bond motifs is 1. The quantitative estimate of drug-likeness (QED) is 0.373. The van der Waals surface area contributed by atoms with Crippen molar-refractivity contribution in [1.29, 1.82) is 0 Å². The minimum atomic E-state index is -2.10. The normalized spacial score (nSPS) is 37.0. The fourth-order valence-electron chi connectivity index (χ4n) is 3.12. The Morgan fingerprint density at radius 2 is 2.18 bits per heavy atom. The van der Waals surface area contributed by atoms with Gasteiger partial charge in [0, 0.05) is 10.8 Å². The molecule has 2 fully saturated rings. The Morgan fingerprint density at radius 3 is 2.86 bits per heavy atom. The van der Waals surface area contributed by atoms with Crippen molar-refractivity contribution in [3.8, 4) is 11.6 Å². The molecule has 1 aliphatic carbocycles. The average Bonchev–Trinajstić information content (AvgIpc) is 2.76. The molecule has 4 heteroatoms. The first-order valence-corrected chi connectivity index (χ1v) is 11.8. The van der Waals surface area contributed by atoms with Gasteiger partial charge in [-0.05, 0) is 68.6 Å². The van der Waals surface area contributed by atoms with Crippen LogP contribution in [0.4, 0.5) is 0 Å². The number of hydrogen-bond donors (Lipinski definition) is 0. The number of benzene rings is 1. The molecule has 0 spiro atoms. The molecule has 0 amide bonds. The Balaban J connectivity index is 1.80. The summed E-state index contributed by atoms with van der Waals surface area (Å²) in [6.45, 7) is 8.49. The molecular weight excluding hydrogens is 327 g/mol. The van der Waals surface area contributed by atoms with Crippen molar-refractivity contribution < 1.29 is 4.52 Å². The largest absolute Gasteiger partial charge is 0.325 e. The SMILES string of the molecule is C=C(C)[C@H]1CC[C@@]2(C)O[P@@](=S)(C#Cc3ccccc3)S[C@@H]2C1. The molecular formula is C18H21OPS2. The van der Waals surface area contributed by atoms with E-state index in [1.807, 2.05) is 41.7 Å². The van der Waals surface area contributed by atoms with Crippen LogP contribution in [0.25, 0.3) is 0 Å². The molecule has 3 rings (SSSR count). The Morgan fingerprint density at radius 1 is 1.45 bits per heavy atom. The van der Waals surface area contributed by atoms with E-state index in [0.717, 1.165) is 24.8 Å². The molecule has 1 heterocycles. The molecule has 0 bridgehead atoms. The zero-order valence-corrected chi connectivity index (χ0v) is 15.6. The first kappa shape index (κ1) is 16.3. The monoisotopic (exact) mass is 348 g/mol. The maximum atomic E-state index is 6.38. The Bertz CT molecular complexity index is 688. The van der Waals surface area contributed by atoms with E-state index in [9.17, 15) is 0 Å². The van der Waals surface area contributed by atoms with Gasteiger partial charge in [-0.25, -0.2) is 0 Å². The highest BCUT2D eigenvalue weighted by molar-refractivity contribution is 8.71. The molecule has 116 valence electrons. The zero-order chi connectivity index (χ0) is 15.8. The van der Waals surface area contributed by atoms with Crippen molar-refractivity contribution in [2.24, 2.45) is 5.92 Å². The fraction of sp³-hybridized carbons (Fsp3) is 0.444. The first-order valence-electron chi connectivity index (χ1n) is 7.63. The Labute approximate surface area is 142 Å². The second kappa shape index (κ2) is 6.17. The maximum Gasteiger partial charge on any atom is 0.192 e. The van der Waals surface area contributed by atoms with Crippen molar-refractivity contribution in [2.75, 3.05) is 0 Å². The van der Waals surface area contributed by atoms with E-state index in [4.69, 9.17) is 16.3 Å². The van der Waals surface area contributed by atoms with Gasteiger partial charge in [0.1, 0.15) is 0 Å². The van der Waals surface area contributed by atoms with Gasteiger partial charge >= 0.3 is 0 Å². The molecule has 1 aromatic rings. The third-order valence-electron chi connectivity index (χ3n) is 4.57. The molecule has 1 nitrogen and oxygen atoms in total. The molecule has 1 aliphatic heterocycles. The molecule has 22 heavy (non-hydrogen) atoms. The van der Waals surface area contributed by atoms with Crippen molar-refractivity contribution in [1.82, 2.24) is 0 Å². The lowest BCUT2D eigenvalue weighted by Gasteiger charge is -2.37. The second-order valence-corrected chi connectivity index (χ2v) is 13.0. The lowest BCUT2D eigenvalue weighted by Crippen LogP contribution is -2.40. The van der Waals surface area contributed by atoms with Crippen LogP contribution in [-0.4, -0.2) is 10.9 Å². The van der Waals surface area contributed by atoms with Gasteiger partial charge in [0.15, 0.2) is 5.47 Å². The number of rotatable bonds is 1. The van der Waals surface area contributed by atoms with Crippen LogP contribution in [0.15, 0.2) is 42.5 Å². The minimum absolute atomic E-state index is 0.0997. The first-order chi connectivity index (χ1) is 10.4. The van der Waals surface area contributed by atoms with Crippen LogP contribution >= 0.6 is 16.8 Å². The summed E-state index contributed by atoms with van der Waals surface area (Å²) in [6.07, 6.45) is 3.35. The summed E-state index contributed by atoms with van der Waals surface area (Å²) >= 11 is 7.64. The predicted octanol–water partition coefficient (Wildman–Crippen LogP) is 5.57. The van der Waals surface area contributed by atoms with Gasteiger partial charge in [0.05, 0.1) is 5.60 Å². The smallest absolute Gasteiger partial charge is 0.192 e. The van der Waals surface area contributed by atoms with Crippen LogP contribution in [0.2, 0.25) is 0 Å². The van der Waals surface area contributed by atoms with E-state index in [-0.39, 0.29) is 5.60 Å². The summed E-state index contributed by atoms with van der Waals surface area (Å²) in [5, 5.41) is 0.457. The van der Waals surface area contributed by atoms with Crippen molar-refractivity contribution in [3.63, 3.8) is 0 Å². The Kier molecular flexibility index (Phi) is 4.59. The summed E-state index contributed by atoms with van der Waals surface area (Å²) in [6, 6.07) is 10.0. The van der Waals surface area contributed by atoms with Crippen LogP contribution in [-0.2, 0) is 16.3 Å². The predicted molar refractivity (Wildman–Crippen MR) is 101 cm³/mol. The van der Waals surface area contributed by atoms with Crippen LogP contribution < -0.4 is 0 Å². The number of hydrogen-bond acceptors (Lipinski definition) is 3. The summed E-state index contributed by atoms with van der Waals surface area (Å²) in [4.78, 5) is 0. The molecule has 2 aliphatic rings. The summed E-state index contributed by atoms with van der Waals surface area (Å²) in [5.41, 5.74) is 3.39. The van der Waals surface area contributed by atoms with E-state index in [1.165, 1.54) is 5.57 Å². The summed E-state index contributed by atoms with van der Waals surface area (Å²) in [7, 11) is 0. The molecule has 0 aromatic heterocycles. The van der Waals surface area contributed by atoms with Crippen LogP contribution in [0.5, 0.6) is 0 Å². The van der Waals surface area contributed by atoms with Crippen molar-refractivity contribution in [2.45, 2.75) is 44.0 Å². The van der Waals surface area contributed by atoms with Gasteiger partial charge in [-0.1, -0.05) is 47.7 Å². The van der Waals surface area contributed by atoms with Crippen LogP contribution in [0.3, 0.4) is 0 Å². The third-order valence-corrected chi connectivity index (χ3v) is 10.2. The fourth-order valence-corrected chi connectivity index (χ4v) is 9.86. The second-order valence-electron chi connectivity index (χ2n) is 6.42. The van der Waals surface area contributed by atoms with E-state index in [0.29, 0.717) is 11.2 Å². The van der Waals surface area contributed by atoms with Crippen LogP contribution in [0.1, 0.15) is 38.7 Å². The summed E-state index contributed by atoms with van der Waals surface area (Å²) < 4.78 is 6.38. The average molecular weight is 348 g/mol.